The number of nitrogens with zero attached hydrogens (tertiary/aromatic N) is 3. The molecule has 4 aromatic rings. The van der Waals surface area contributed by atoms with E-state index in [4.69, 9.17) is 0 Å². The van der Waals surface area contributed by atoms with Crippen molar-refractivity contribution in [2.24, 2.45) is 0 Å². The first-order chi connectivity index (χ1) is 12.4. The Kier molecular flexibility index (Phi) is 3.87. The highest BCUT2D eigenvalue weighted by molar-refractivity contribution is 7.14. The zero-order valence-corrected chi connectivity index (χ0v) is 13.8. The summed E-state index contributed by atoms with van der Waals surface area (Å²) < 4.78 is 54.4. The molecule has 0 aliphatic rings. The van der Waals surface area contributed by atoms with Crippen LogP contribution in [0, 0.1) is 5.13 Å². The summed E-state index contributed by atoms with van der Waals surface area (Å²) in [6.07, 6.45) is -1.22. The molecule has 132 valence electrons. The summed E-state index contributed by atoms with van der Waals surface area (Å²) in [5.74, 6) is 0. The van der Waals surface area contributed by atoms with Gasteiger partial charge in [-0.3, -0.25) is 4.40 Å². The predicted molar refractivity (Wildman–Crippen MR) is 91.0 cm³/mol. The van der Waals surface area contributed by atoms with Gasteiger partial charge in [-0.05, 0) is 30.3 Å². The van der Waals surface area contributed by atoms with Gasteiger partial charge in [0.25, 0.3) is 0 Å². The van der Waals surface area contributed by atoms with E-state index in [0.29, 0.717) is 11.3 Å². The maximum Gasteiger partial charge on any atom is 0.416 e. The summed E-state index contributed by atoms with van der Waals surface area (Å²) in [4.78, 5) is 8.36. The first-order valence-electron chi connectivity index (χ1n) is 7.45. The smallest absolute Gasteiger partial charge is 0.331 e. The summed E-state index contributed by atoms with van der Waals surface area (Å²) in [5.41, 5.74) is 0.580. The predicted octanol–water partition coefficient (Wildman–Crippen LogP) is 5.36. The van der Waals surface area contributed by atoms with E-state index in [-0.39, 0.29) is 16.5 Å². The summed E-state index contributed by atoms with van der Waals surface area (Å²) >= 11 is 0.718. The van der Waals surface area contributed by atoms with Crippen LogP contribution in [-0.2, 0) is 6.18 Å². The maximum atomic E-state index is 14.4. The number of pyridine rings is 1. The van der Waals surface area contributed by atoms with Gasteiger partial charge in [-0.1, -0.05) is 23.5 Å². The first-order valence-corrected chi connectivity index (χ1v) is 8.26. The summed E-state index contributed by atoms with van der Waals surface area (Å²) in [6, 6.07) is 10.0. The van der Waals surface area contributed by atoms with Crippen LogP contribution >= 0.6 is 11.3 Å². The third-order valence-corrected chi connectivity index (χ3v) is 4.45. The van der Waals surface area contributed by atoms with E-state index in [0.717, 1.165) is 23.5 Å². The zero-order chi connectivity index (χ0) is 18.3. The number of anilines is 2. The van der Waals surface area contributed by atoms with Gasteiger partial charge in [0.15, 0.2) is 5.13 Å². The van der Waals surface area contributed by atoms with Gasteiger partial charge in [-0.2, -0.15) is 17.6 Å². The van der Waals surface area contributed by atoms with Crippen molar-refractivity contribution >= 4 is 27.8 Å². The Balaban J connectivity index is 1.67. The van der Waals surface area contributed by atoms with Crippen molar-refractivity contribution in [1.29, 1.82) is 0 Å². The lowest BCUT2D eigenvalue weighted by molar-refractivity contribution is -0.137. The van der Waals surface area contributed by atoms with E-state index in [1.165, 1.54) is 18.3 Å². The van der Waals surface area contributed by atoms with E-state index in [9.17, 15) is 17.6 Å². The van der Waals surface area contributed by atoms with Crippen LogP contribution in [0.5, 0.6) is 0 Å². The molecule has 0 saturated carbocycles. The number of benzene rings is 1. The Bertz CT molecular complexity index is 1080. The van der Waals surface area contributed by atoms with Gasteiger partial charge in [-0.15, -0.1) is 0 Å². The normalized spacial score (nSPS) is 11.8. The van der Waals surface area contributed by atoms with Crippen LogP contribution in [0.2, 0.25) is 0 Å². The monoisotopic (exact) mass is 378 g/mol. The molecule has 26 heavy (non-hydrogen) atoms. The zero-order valence-electron chi connectivity index (χ0n) is 13.0. The second kappa shape index (κ2) is 6.10. The minimum Gasteiger partial charge on any atom is -0.331 e. The number of alkyl halides is 3. The van der Waals surface area contributed by atoms with E-state index in [1.54, 1.807) is 22.7 Å². The molecule has 0 spiro atoms. The molecule has 0 aliphatic heterocycles. The lowest BCUT2D eigenvalue weighted by atomic mass is 10.2. The average Bonchev–Trinajstić information content (AvgIpc) is 3.17. The molecule has 1 N–H and O–H groups in total. The molecule has 0 bridgehead atoms. The van der Waals surface area contributed by atoms with Gasteiger partial charge >= 0.3 is 6.18 Å². The third-order valence-electron chi connectivity index (χ3n) is 3.69. The second-order valence-corrected chi connectivity index (χ2v) is 6.37. The fourth-order valence-corrected chi connectivity index (χ4v) is 3.24. The average molecular weight is 378 g/mol. The number of hydrogen-bond donors (Lipinski definition) is 1. The van der Waals surface area contributed by atoms with Crippen molar-refractivity contribution in [2.45, 2.75) is 6.18 Å². The molecule has 0 saturated heterocycles. The SMILES string of the molecule is Fc1sc(Nc2cccc(C(F)(F)F)c2)nc1-c1cnc2ccccn12. The number of nitrogens with one attached hydrogen (secondary N) is 1. The first kappa shape index (κ1) is 16.5. The summed E-state index contributed by atoms with van der Waals surface area (Å²) in [6.45, 7) is 0. The molecule has 3 aromatic heterocycles. The number of imidazole rings is 1. The van der Waals surface area contributed by atoms with Gasteiger partial charge in [-0.25, -0.2) is 9.97 Å². The van der Waals surface area contributed by atoms with Crippen LogP contribution in [-0.4, -0.2) is 14.4 Å². The van der Waals surface area contributed by atoms with Gasteiger partial charge in [0, 0.05) is 11.9 Å². The Morgan fingerprint density at radius 1 is 1.08 bits per heavy atom. The minimum atomic E-state index is -4.45. The molecular formula is C17H10F4N4S. The fraction of sp³-hybridized carbons (Fsp3) is 0.0588. The highest BCUT2D eigenvalue weighted by Gasteiger charge is 2.30. The quantitative estimate of drug-likeness (QED) is 0.488. The summed E-state index contributed by atoms with van der Waals surface area (Å²) in [7, 11) is 0. The Morgan fingerprint density at radius 2 is 1.92 bits per heavy atom. The highest BCUT2D eigenvalue weighted by Crippen LogP contribution is 2.34. The lowest BCUT2D eigenvalue weighted by Gasteiger charge is -2.08. The van der Waals surface area contributed by atoms with Crippen LogP contribution in [0.3, 0.4) is 0 Å². The van der Waals surface area contributed by atoms with Crippen LogP contribution in [0.4, 0.5) is 28.4 Å². The Hall–Kier alpha value is -2.94. The molecule has 4 nitrogen and oxygen atoms in total. The number of thiazole rings is 1. The van der Waals surface area contributed by atoms with E-state index in [2.05, 4.69) is 15.3 Å². The molecule has 4 rings (SSSR count). The molecule has 0 unspecified atom stereocenters. The van der Waals surface area contributed by atoms with Crippen LogP contribution < -0.4 is 5.32 Å². The van der Waals surface area contributed by atoms with Gasteiger partial charge in [0.05, 0.1) is 17.5 Å². The lowest BCUT2D eigenvalue weighted by Crippen LogP contribution is -2.05. The number of fused-ring (bicyclic) bond motifs is 1. The second-order valence-electron chi connectivity index (χ2n) is 5.42. The van der Waals surface area contributed by atoms with Gasteiger partial charge < -0.3 is 5.32 Å². The molecule has 9 heteroatoms. The molecule has 0 amide bonds. The topological polar surface area (TPSA) is 42.2 Å². The largest absolute Gasteiger partial charge is 0.416 e. The fourth-order valence-electron chi connectivity index (χ4n) is 2.52. The molecular weight excluding hydrogens is 368 g/mol. The van der Waals surface area contributed by atoms with Crippen molar-refractivity contribution < 1.29 is 17.6 Å². The van der Waals surface area contributed by atoms with Crippen molar-refractivity contribution in [3.63, 3.8) is 0 Å². The van der Waals surface area contributed by atoms with E-state index >= 15 is 0 Å². The molecule has 0 atom stereocenters. The Morgan fingerprint density at radius 3 is 2.73 bits per heavy atom. The molecule has 0 radical (unpaired) electrons. The third kappa shape index (κ3) is 3.01. The van der Waals surface area contributed by atoms with Crippen LogP contribution in [0.15, 0.2) is 54.9 Å². The summed E-state index contributed by atoms with van der Waals surface area (Å²) in [5, 5.41) is 2.33. The standard InChI is InChI=1S/C17H10F4N4S/c18-15-14(12-9-22-13-6-1-2-7-25(12)13)24-16(26-15)23-11-5-3-4-10(8-11)17(19,20)21/h1-9H,(H,23,24). The van der Waals surface area contributed by atoms with E-state index in [1.807, 2.05) is 6.07 Å². The van der Waals surface area contributed by atoms with Gasteiger partial charge in [0.2, 0.25) is 5.13 Å². The highest BCUT2D eigenvalue weighted by atomic mass is 32.1. The minimum absolute atomic E-state index is 0.0863. The van der Waals surface area contributed by atoms with Crippen molar-refractivity contribution in [1.82, 2.24) is 14.4 Å². The Labute approximate surface area is 148 Å². The number of halogens is 4. The number of aromatic nitrogens is 3. The van der Waals surface area contributed by atoms with Crippen LogP contribution in [0.25, 0.3) is 17.0 Å². The van der Waals surface area contributed by atoms with E-state index < -0.39 is 16.9 Å². The van der Waals surface area contributed by atoms with Crippen molar-refractivity contribution in [2.75, 3.05) is 5.32 Å². The maximum absolute atomic E-state index is 14.4. The van der Waals surface area contributed by atoms with Gasteiger partial charge in [0.1, 0.15) is 11.3 Å². The molecule has 0 fully saturated rings. The van der Waals surface area contributed by atoms with Crippen molar-refractivity contribution in [3.8, 4) is 11.4 Å². The molecule has 0 aliphatic carbocycles. The van der Waals surface area contributed by atoms with Crippen molar-refractivity contribution in [3.05, 3.63) is 65.6 Å². The number of hydrogen-bond acceptors (Lipinski definition) is 4. The molecule has 1 aromatic carbocycles. The number of rotatable bonds is 3. The van der Waals surface area contributed by atoms with Crippen LogP contribution in [0.1, 0.15) is 5.56 Å². The molecule has 3 heterocycles.